The number of nitrogens with zero attached hydrogens (tertiary/aromatic N) is 2. The number of halogens is 3. The summed E-state index contributed by atoms with van der Waals surface area (Å²) in [4.78, 5) is 7.56. The van der Waals surface area contributed by atoms with Crippen molar-refractivity contribution in [2.75, 3.05) is 11.1 Å². The molecular weight excluding hydrogens is 266 g/mol. The highest BCUT2D eigenvalue weighted by atomic mass is 35.5. The molecule has 1 aromatic heterocycles. The van der Waals surface area contributed by atoms with Crippen LogP contribution in [-0.4, -0.2) is 9.97 Å². The van der Waals surface area contributed by atoms with Crippen molar-refractivity contribution in [1.82, 2.24) is 9.97 Å². The smallest absolute Gasteiger partial charge is 0.154 e. The number of benzene rings is 1. The summed E-state index contributed by atoms with van der Waals surface area (Å²) in [5.74, 6) is -0.130. The van der Waals surface area contributed by atoms with E-state index in [1.54, 1.807) is 0 Å². The third kappa shape index (κ3) is 2.57. The molecule has 0 saturated heterocycles. The Labute approximate surface area is 107 Å². The molecule has 2 rings (SSSR count). The first-order valence-corrected chi connectivity index (χ1v) is 5.31. The van der Waals surface area contributed by atoms with E-state index in [1.807, 2.05) is 0 Å². The number of nitrogens with one attached hydrogen (secondary N) is 1. The van der Waals surface area contributed by atoms with E-state index in [-0.39, 0.29) is 22.3 Å². The van der Waals surface area contributed by atoms with Crippen LogP contribution in [0, 0.1) is 5.82 Å². The second kappa shape index (κ2) is 4.73. The van der Waals surface area contributed by atoms with Gasteiger partial charge in [0, 0.05) is 5.02 Å². The van der Waals surface area contributed by atoms with E-state index in [4.69, 9.17) is 28.9 Å². The lowest BCUT2D eigenvalue weighted by atomic mass is 10.3. The summed E-state index contributed by atoms with van der Waals surface area (Å²) in [5, 5.41) is 3.23. The van der Waals surface area contributed by atoms with Crippen LogP contribution in [0.5, 0.6) is 0 Å². The number of anilines is 3. The molecule has 0 bridgehead atoms. The van der Waals surface area contributed by atoms with Crippen LogP contribution in [-0.2, 0) is 0 Å². The van der Waals surface area contributed by atoms with Crippen molar-refractivity contribution in [2.24, 2.45) is 0 Å². The quantitative estimate of drug-likeness (QED) is 0.881. The average molecular weight is 273 g/mol. The first-order valence-electron chi connectivity index (χ1n) is 4.56. The Hall–Kier alpha value is -1.59. The third-order valence-corrected chi connectivity index (χ3v) is 2.61. The number of nitrogens with two attached hydrogens (primary N) is 1. The molecule has 0 atom stereocenters. The average Bonchev–Trinajstić information content (AvgIpc) is 2.30. The molecule has 17 heavy (non-hydrogen) atoms. The van der Waals surface area contributed by atoms with Crippen molar-refractivity contribution in [3.8, 4) is 0 Å². The Morgan fingerprint density at radius 2 is 2.00 bits per heavy atom. The van der Waals surface area contributed by atoms with Gasteiger partial charge >= 0.3 is 0 Å². The number of nitrogen functional groups attached to an aromatic ring is 1. The zero-order chi connectivity index (χ0) is 12.4. The number of aromatic nitrogens is 2. The lowest BCUT2D eigenvalue weighted by molar-refractivity contribution is 0.632. The van der Waals surface area contributed by atoms with Gasteiger partial charge in [0.1, 0.15) is 23.0 Å². The Morgan fingerprint density at radius 1 is 1.24 bits per heavy atom. The van der Waals surface area contributed by atoms with Crippen LogP contribution >= 0.6 is 23.2 Å². The summed E-state index contributed by atoms with van der Waals surface area (Å²) in [6, 6.07) is 4.10. The standard InChI is InChI=1S/C10H7Cl2FN4/c11-5-1-2-6(13)7(3-5)17-10-8(12)9(14)15-4-16-10/h1-4H,(H3,14,15,16,17). The highest BCUT2D eigenvalue weighted by molar-refractivity contribution is 6.35. The Bertz CT molecular complexity index is 562. The van der Waals surface area contributed by atoms with Crippen LogP contribution in [0.25, 0.3) is 0 Å². The van der Waals surface area contributed by atoms with Crippen molar-refractivity contribution >= 4 is 40.5 Å². The Morgan fingerprint density at radius 3 is 2.76 bits per heavy atom. The fourth-order valence-corrected chi connectivity index (χ4v) is 1.51. The first-order chi connectivity index (χ1) is 8.08. The Balaban J connectivity index is 2.38. The zero-order valence-electron chi connectivity index (χ0n) is 8.42. The van der Waals surface area contributed by atoms with Crippen LogP contribution in [0.3, 0.4) is 0 Å². The fourth-order valence-electron chi connectivity index (χ4n) is 1.19. The van der Waals surface area contributed by atoms with Crippen LogP contribution in [0.1, 0.15) is 0 Å². The van der Waals surface area contributed by atoms with Crippen molar-refractivity contribution in [3.05, 3.63) is 40.4 Å². The van der Waals surface area contributed by atoms with Gasteiger partial charge in [0.25, 0.3) is 0 Å². The molecule has 0 fully saturated rings. The van der Waals surface area contributed by atoms with E-state index in [9.17, 15) is 4.39 Å². The summed E-state index contributed by atoms with van der Waals surface area (Å²) >= 11 is 11.6. The van der Waals surface area contributed by atoms with Gasteiger partial charge in [-0.05, 0) is 18.2 Å². The molecule has 2 aromatic rings. The molecule has 88 valence electrons. The van der Waals surface area contributed by atoms with Gasteiger partial charge in [-0.3, -0.25) is 0 Å². The monoisotopic (exact) mass is 272 g/mol. The van der Waals surface area contributed by atoms with Gasteiger partial charge in [0.2, 0.25) is 0 Å². The van der Waals surface area contributed by atoms with E-state index < -0.39 is 5.82 Å². The number of rotatable bonds is 2. The van der Waals surface area contributed by atoms with Crippen molar-refractivity contribution < 1.29 is 4.39 Å². The molecule has 0 amide bonds. The molecule has 0 radical (unpaired) electrons. The van der Waals surface area contributed by atoms with E-state index in [0.29, 0.717) is 5.02 Å². The van der Waals surface area contributed by atoms with Crippen molar-refractivity contribution in [3.63, 3.8) is 0 Å². The molecule has 1 heterocycles. The van der Waals surface area contributed by atoms with Gasteiger partial charge in [0.05, 0.1) is 5.69 Å². The van der Waals surface area contributed by atoms with Crippen LogP contribution < -0.4 is 11.1 Å². The lowest BCUT2D eigenvalue weighted by Gasteiger charge is -2.09. The maximum Gasteiger partial charge on any atom is 0.154 e. The van der Waals surface area contributed by atoms with Crippen LogP contribution in [0.15, 0.2) is 24.5 Å². The minimum absolute atomic E-state index is 0.117. The zero-order valence-corrected chi connectivity index (χ0v) is 9.93. The minimum atomic E-state index is -0.470. The summed E-state index contributed by atoms with van der Waals surface area (Å²) < 4.78 is 13.4. The second-order valence-corrected chi connectivity index (χ2v) is 3.99. The summed E-state index contributed by atoms with van der Waals surface area (Å²) in [7, 11) is 0. The molecule has 0 aliphatic rings. The minimum Gasteiger partial charge on any atom is -0.382 e. The van der Waals surface area contributed by atoms with Gasteiger partial charge < -0.3 is 11.1 Å². The largest absolute Gasteiger partial charge is 0.382 e. The maximum absolute atomic E-state index is 13.4. The molecule has 0 spiro atoms. The predicted molar refractivity (Wildman–Crippen MR) is 66.1 cm³/mol. The number of hydrogen-bond donors (Lipinski definition) is 2. The fraction of sp³-hybridized carbons (Fsp3) is 0. The second-order valence-electron chi connectivity index (χ2n) is 3.17. The highest BCUT2D eigenvalue weighted by Crippen LogP contribution is 2.28. The summed E-state index contributed by atoms with van der Waals surface area (Å²) in [6.07, 6.45) is 1.23. The molecule has 0 saturated carbocycles. The SMILES string of the molecule is Nc1ncnc(Nc2cc(Cl)ccc2F)c1Cl. The molecule has 3 N–H and O–H groups in total. The summed E-state index contributed by atoms with van der Waals surface area (Å²) in [6.45, 7) is 0. The van der Waals surface area contributed by atoms with Crippen LogP contribution in [0.4, 0.5) is 21.7 Å². The van der Waals surface area contributed by atoms with Gasteiger partial charge in [-0.25, -0.2) is 14.4 Å². The molecule has 1 aromatic carbocycles. The van der Waals surface area contributed by atoms with Gasteiger partial charge in [0.15, 0.2) is 5.82 Å². The normalized spacial score (nSPS) is 10.3. The van der Waals surface area contributed by atoms with Crippen molar-refractivity contribution in [1.29, 1.82) is 0 Å². The number of hydrogen-bond acceptors (Lipinski definition) is 4. The van der Waals surface area contributed by atoms with Crippen molar-refractivity contribution in [2.45, 2.75) is 0 Å². The van der Waals surface area contributed by atoms with E-state index >= 15 is 0 Å². The van der Waals surface area contributed by atoms with E-state index in [1.165, 1.54) is 24.5 Å². The van der Waals surface area contributed by atoms with Gasteiger partial charge in [-0.1, -0.05) is 23.2 Å². The topological polar surface area (TPSA) is 63.8 Å². The highest BCUT2D eigenvalue weighted by Gasteiger charge is 2.09. The molecule has 0 aliphatic carbocycles. The molecule has 0 aliphatic heterocycles. The Kier molecular flexibility index (Phi) is 3.31. The molecule has 4 nitrogen and oxygen atoms in total. The molecule has 7 heteroatoms. The predicted octanol–water partition coefficient (Wildman–Crippen LogP) is 3.25. The van der Waals surface area contributed by atoms with E-state index in [0.717, 1.165) is 0 Å². The molecular formula is C10H7Cl2FN4. The van der Waals surface area contributed by atoms with E-state index in [2.05, 4.69) is 15.3 Å². The van der Waals surface area contributed by atoms with Gasteiger partial charge in [-0.15, -0.1) is 0 Å². The third-order valence-electron chi connectivity index (χ3n) is 2.00. The van der Waals surface area contributed by atoms with Crippen LogP contribution in [0.2, 0.25) is 10.0 Å². The maximum atomic E-state index is 13.4. The van der Waals surface area contributed by atoms with Gasteiger partial charge in [-0.2, -0.15) is 0 Å². The molecule has 0 unspecified atom stereocenters. The first kappa shape index (κ1) is 11.9. The lowest BCUT2D eigenvalue weighted by Crippen LogP contribution is -2.01. The summed E-state index contributed by atoms with van der Waals surface area (Å²) in [5.41, 5.74) is 5.66.